The lowest BCUT2D eigenvalue weighted by Gasteiger charge is -2.14. The molecule has 0 atom stereocenters. The molecule has 0 bridgehead atoms. The lowest BCUT2D eigenvalue weighted by Crippen LogP contribution is -2.19. The predicted octanol–water partition coefficient (Wildman–Crippen LogP) is 5.91. The van der Waals surface area contributed by atoms with E-state index in [0.29, 0.717) is 63.1 Å². The average Bonchev–Trinajstić information content (AvgIpc) is 3.20. The summed E-state index contributed by atoms with van der Waals surface area (Å²) in [6, 6.07) is 15.7. The third kappa shape index (κ3) is 11.9. The Balaban J connectivity index is 0.000000209. The fourth-order valence-electron chi connectivity index (χ4n) is 4.35. The standard InChI is InChI=1S/C18H17FN6O2.C13H13ClN4O2.C5H5FN2/c1-20-17(26)12-10-23-16(25-15-6-5-11(19)9-22-15)8-14(12)24-13-4-3-7-21-18(13)27-2;1-15-12(19)8-7-17-11(14)6-10(8)18-9-4-3-5-16-13(9)20-2;6-4-1-2-5(7)8-3-4/h3-10H,1-2H3,(H,20,26)(H2,22,23,24,25);3-7H,1-2H3,(H,15,19)(H,17,18);1-3H,(H2,7,8). The van der Waals surface area contributed by atoms with E-state index < -0.39 is 5.82 Å². The topological polar surface area (TPSA) is 216 Å². The number of amides is 2. The van der Waals surface area contributed by atoms with Crippen molar-refractivity contribution in [2.75, 3.05) is 50.0 Å². The minimum Gasteiger partial charge on any atom is -0.480 e. The van der Waals surface area contributed by atoms with Gasteiger partial charge < -0.3 is 41.8 Å². The maximum Gasteiger partial charge on any atom is 0.254 e. The van der Waals surface area contributed by atoms with Crippen LogP contribution in [0.15, 0.2) is 97.8 Å². The van der Waals surface area contributed by atoms with Crippen LogP contribution in [0.3, 0.4) is 0 Å². The van der Waals surface area contributed by atoms with Crippen LogP contribution in [-0.4, -0.2) is 70.0 Å². The second kappa shape index (κ2) is 20.1. The van der Waals surface area contributed by atoms with E-state index in [2.05, 4.69) is 56.5 Å². The van der Waals surface area contributed by atoms with Crippen LogP contribution in [0.1, 0.15) is 20.7 Å². The molecule has 6 aromatic heterocycles. The Hall–Kier alpha value is -7.21. The number of carbonyl (C=O) groups excluding carboxylic acids is 2. The van der Waals surface area contributed by atoms with E-state index in [1.165, 1.54) is 57.9 Å². The number of ether oxygens (including phenoxy) is 2. The van der Waals surface area contributed by atoms with Crippen molar-refractivity contribution in [2.24, 2.45) is 0 Å². The zero-order chi connectivity index (χ0) is 39.7. The van der Waals surface area contributed by atoms with Crippen molar-refractivity contribution >= 4 is 63.6 Å². The summed E-state index contributed by atoms with van der Waals surface area (Å²) < 4.78 is 35.4. The molecule has 6 heterocycles. The number of pyridine rings is 6. The summed E-state index contributed by atoms with van der Waals surface area (Å²) >= 11 is 5.87. The molecule has 0 aromatic carbocycles. The number of rotatable bonds is 10. The van der Waals surface area contributed by atoms with Crippen LogP contribution in [-0.2, 0) is 0 Å². The van der Waals surface area contributed by atoms with Gasteiger partial charge in [-0.05, 0) is 54.6 Å². The number of nitrogen functional groups attached to an aromatic ring is 1. The highest BCUT2D eigenvalue weighted by molar-refractivity contribution is 6.29. The molecule has 0 saturated heterocycles. The molecule has 7 N–H and O–H groups in total. The van der Waals surface area contributed by atoms with Crippen molar-refractivity contribution in [2.45, 2.75) is 0 Å². The predicted molar refractivity (Wildman–Crippen MR) is 204 cm³/mol. The number of hydrogen-bond donors (Lipinski definition) is 6. The van der Waals surface area contributed by atoms with Crippen molar-refractivity contribution in [3.63, 3.8) is 0 Å². The van der Waals surface area contributed by atoms with Gasteiger partial charge in [-0.2, -0.15) is 0 Å². The first kappa shape index (κ1) is 40.6. The van der Waals surface area contributed by atoms with Crippen LogP contribution in [0.2, 0.25) is 5.15 Å². The van der Waals surface area contributed by atoms with E-state index in [0.717, 1.165) is 12.4 Å². The third-order valence-corrected chi connectivity index (χ3v) is 7.13. The summed E-state index contributed by atoms with van der Waals surface area (Å²) in [4.78, 5) is 47.7. The quantitative estimate of drug-likeness (QED) is 0.0893. The third-order valence-electron chi connectivity index (χ3n) is 6.92. The van der Waals surface area contributed by atoms with E-state index in [1.807, 2.05) is 0 Å². The minimum absolute atomic E-state index is 0.264. The minimum atomic E-state index is -0.436. The number of nitrogens with two attached hydrogens (primary N) is 1. The van der Waals surface area contributed by atoms with E-state index in [-0.39, 0.29) is 22.8 Å². The summed E-state index contributed by atoms with van der Waals surface area (Å²) in [6.45, 7) is 0. The van der Waals surface area contributed by atoms with Crippen molar-refractivity contribution in [1.29, 1.82) is 0 Å². The molecule has 284 valence electrons. The molecule has 55 heavy (non-hydrogen) atoms. The SMILES string of the molecule is CNC(=O)c1cnc(Cl)cc1Nc1cccnc1OC.CNC(=O)c1cnc(Nc2ccc(F)cn2)cc1Nc1cccnc1OC.Nc1ccc(F)cn1. The van der Waals surface area contributed by atoms with E-state index in [9.17, 15) is 18.4 Å². The number of hydrogen-bond acceptors (Lipinski definition) is 14. The highest BCUT2D eigenvalue weighted by Gasteiger charge is 2.16. The van der Waals surface area contributed by atoms with Gasteiger partial charge in [-0.1, -0.05) is 11.6 Å². The zero-order valence-corrected chi connectivity index (χ0v) is 30.5. The number of methoxy groups -OCH3 is 2. The average molecular weight is 773 g/mol. The van der Waals surface area contributed by atoms with Crippen LogP contribution in [0.5, 0.6) is 11.8 Å². The molecule has 0 aliphatic rings. The van der Waals surface area contributed by atoms with Crippen molar-refractivity contribution < 1.29 is 27.8 Å². The Morgan fingerprint density at radius 2 is 1.13 bits per heavy atom. The normalized spacial score (nSPS) is 9.95. The van der Waals surface area contributed by atoms with E-state index >= 15 is 0 Å². The van der Waals surface area contributed by atoms with Crippen LogP contribution in [0, 0.1) is 11.6 Å². The van der Waals surface area contributed by atoms with Gasteiger partial charge in [-0.25, -0.2) is 38.7 Å². The maximum atomic E-state index is 13.0. The smallest absolute Gasteiger partial charge is 0.254 e. The van der Waals surface area contributed by atoms with Crippen LogP contribution in [0.25, 0.3) is 0 Å². The fraction of sp³-hybridized carbons (Fsp3) is 0.111. The van der Waals surface area contributed by atoms with Crippen molar-refractivity contribution in [3.05, 3.63) is 126 Å². The molecular weight excluding hydrogens is 738 g/mol. The molecule has 0 spiro atoms. The molecule has 0 aliphatic heterocycles. The lowest BCUT2D eigenvalue weighted by molar-refractivity contribution is 0.0955. The molecule has 0 saturated carbocycles. The molecule has 2 amide bonds. The Bertz CT molecular complexity index is 2180. The Kier molecular flexibility index (Phi) is 14.9. The maximum absolute atomic E-state index is 13.0. The first-order valence-electron chi connectivity index (χ1n) is 15.9. The van der Waals surface area contributed by atoms with Crippen molar-refractivity contribution in [1.82, 2.24) is 40.5 Å². The number of nitrogens with one attached hydrogen (secondary N) is 5. The second-order valence-corrected chi connectivity index (χ2v) is 11.0. The number of carbonyl (C=O) groups is 2. The molecular formula is C36H35ClF2N12O4. The first-order valence-corrected chi connectivity index (χ1v) is 16.3. The Morgan fingerprint density at radius 1 is 0.618 bits per heavy atom. The Morgan fingerprint density at radius 3 is 1.60 bits per heavy atom. The van der Waals surface area contributed by atoms with Crippen LogP contribution in [0.4, 0.5) is 49.0 Å². The number of nitrogens with zero attached hydrogens (tertiary/aromatic N) is 6. The molecule has 6 aromatic rings. The van der Waals surface area contributed by atoms with Gasteiger partial charge in [0.1, 0.15) is 45.6 Å². The monoisotopic (exact) mass is 772 g/mol. The second-order valence-electron chi connectivity index (χ2n) is 10.6. The van der Waals surface area contributed by atoms with Crippen LogP contribution >= 0.6 is 11.6 Å². The summed E-state index contributed by atoms with van der Waals surface area (Å²) in [6.07, 6.45) is 8.23. The van der Waals surface area contributed by atoms with Crippen molar-refractivity contribution in [3.8, 4) is 11.8 Å². The Labute approximate surface area is 319 Å². The highest BCUT2D eigenvalue weighted by atomic mass is 35.5. The number of halogens is 3. The number of anilines is 7. The van der Waals surface area contributed by atoms with Gasteiger partial charge in [0.05, 0.1) is 49.1 Å². The largest absolute Gasteiger partial charge is 0.480 e. The fourth-order valence-corrected chi connectivity index (χ4v) is 4.51. The molecule has 0 radical (unpaired) electrons. The van der Waals surface area contributed by atoms with Gasteiger partial charge in [0.2, 0.25) is 11.8 Å². The molecule has 16 nitrogen and oxygen atoms in total. The van der Waals surface area contributed by atoms with Gasteiger partial charge in [0, 0.05) is 44.9 Å². The van der Waals surface area contributed by atoms with Gasteiger partial charge in [-0.3, -0.25) is 9.59 Å². The molecule has 6 rings (SSSR count). The van der Waals surface area contributed by atoms with Crippen LogP contribution < -0.4 is 41.8 Å². The highest BCUT2D eigenvalue weighted by Crippen LogP contribution is 2.30. The summed E-state index contributed by atoms with van der Waals surface area (Å²) in [7, 11) is 6.11. The van der Waals surface area contributed by atoms with Gasteiger partial charge in [0.25, 0.3) is 11.8 Å². The van der Waals surface area contributed by atoms with Gasteiger partial charge in [-0.15, -0.1) is 0 Å². The van der Waals surface area contributed by atoms with E-state index in [1.54, 1.807) is 55.8 Å². The molecule has 19 heteroatoms. The molecule has 0 fully saturated rings. The summed E-state index contributed by atoms with van der Waals surface area (Å²) in [5.41, 5.74) is 8.08. The van der Waals surface area contributed by atoms with E-state index in [4.69, 9.17) is 26.8 Å². The van der Waals surface area contributed by atoms with Gasteiger partial charge in [0.15, 0.2) is 0 Å². The summed E-state index contributed by atoms with van der Waals surface area (Å²) in [5.74, 6) is 0.614. The molecule has 0 unspecified atom stereocenters. The molecule has 0 aliphatic carbocycles. The lowest BCUT2D eigenvalue weighted by atomic mass is 10.2. The van der Waals surface area contributed by atoms with Gasteiger partial charge >= 0.3 is 0 Å². The number of aromatic nitrogens is 6. The summed E-state index contributed by atoms with van der Waals surface area (Å²) in [5, 5.41) is 14.6. The zero-order valence-electron chi connectivity index (χ0n) is 29.8. The first-order chi connectivity index (χ1) is 26.5.